The van der Waals surface area contributed by atoms with Crippen LogP contribution in [0.5, 0.6) is 0 Å². The van der Waals surface area contributed by atoms with Gasteiger partial charge in [-0.3, -0.25) is 0 Å². The van der Waals surface area contributed by atoms with Gasteiger partial charge in [-0.25, -0.2) is 8.42 Å². The third-order valence-corrected chi connectivity index (χ3v) is 6.57. The maximum Gasteiger partial charge on any atom is 0.243 e. The fraction of sp³-hybridized carbons (Fsp3) is 0.714. The summed E-state index contributed by atoms with van der Waals surface area (Å²) in [5.41, 5.74) is 0. The Labute approximate surface area is 131 Å². The molecule has 0 bridgehead atoms. The number of nitrogens with zero attached hydrogens (tertiary/aromatic N) is 1. The molecule has 0 aliphatic carbocycles. The van der Waals surface area contributed by atoms with E-state index in [9.17, 15) is 8.42 Å². The van der Waals surface area contributed by atoms with Crippen molar-refractivity contribution in [1.29, 1.82) is 0 Å². The molecule has 0 amide bonds. The van der Waals surface area contributed by atoms with Gasteiger partial charge >= 0.3 is 0 Å². The fourth-order valence-corrected chi connectivity index (χ4v) is 5.28. The summed E-state index contributed by atoms with van der Waals surface area (Å²) in [4.78, 5) is 1.49. The second-order valence-corrected chi connectivity index (χ2v) is 8.33. The van der Waals surface area contributed by atoms with Crippen molar-refractivity contribution < 1.29 is 13.2 Å². The van der Waals surface area contributed by atoms with Gasteiger partial charge in [-0.15, -0.1) is 11.3 Å². The predicted octanol–water partition coefficient (Wildman–Crippen LogP) is 1.90. The summed E-state index contributed by atoms with van der Waals surface area (Å²) in [6.45, 7) is 5.58. The van der Waals surface area contributed by atoms with Gasteiger partial charge in [-0.05, 0) is 31.4 Å². The first-order valence-corrected chi connectivity index (χ1v) is 9.67. The molecule has 2 rings (SSSR count). The van der Waals surface area contributed by atoms with Crippen molar-refractivity contribution in [2.75, 3.05) is 33.4 Å². The third-order valence-electron chi connectivity index (χ3n) is 3.64. The molecule has 0 aromatic carbocycles. The van der Waals surface area contributed by atoms with Gasteiger partial charge in [-0.2, -0.15) is 4.31 Å². The van der Waals surface area contributed by atoms with Crippen molar-refractivity contribution in [3.05, 3.63) is 16.3 Å². The number of thiophene rings is 1. The highest BCUT2D eigenvalue weighted by molar-refractivity contribution is 7.89. The van der Waals surface area contributed by atoms with Crippen molar-refractivity contribution >= 4 is 21.4 Å². The highest BCUT2D eigenvalue weighted by atomic mass is 32.2. The van der Waals surface area contributed by atoms with Crippen molar-refractivity contribution in [1.82, 2.24) is 9.62 Å². The Morgan fingerprint density at radius 2 is 2.33 bits per heavy atom. The zero-order valence-corrected chi connectivity index (χ0v) is 14.3. The van der Waals surface area contributed by atoms with Crippen molar-refractivity contribution in [2.45, 2.75) is 31.2 Å². The standard InChI is InChI=1S/C14H24N2O3S2/c1-3-5-15-8-13-7-14(11-20-13)21(17,18)16-6-4-12(9-16)10-19-2/h7,11-12,15H,3-6,8-10H2,1-2H3. The van der Waals surface area contributed by atoms with Crippen LogP contribution in [0.1, 0.15) is 24.6 Å². The Balaban J connectivity index is 2.00. The summed E-state index contributed by atoms with van der Waals surface area (Å²) < 4.78 is 31.9. The number of ether oxygens (including phenoxy) is 1. The molecule has 1 fully saturated rings. The second-order valence-electron chi connectivity index (χ2n) is 5.40. The number of sulfonamides is 1. The van der Waals surface area contributed by atoms with Gasteiger partial charge in [-0.1, -0.05) is 6.92 Å². The molecule has 7 heteroatoms. The number of methoxy groups -OCH3 is 1. The van der Waals surface area contributed by atoms with E-state index in [-0.39, 0.29) is 0 Å². The summed E-state index contributed by atoms with van der Waals surface area (Å²) in [6.07, 6.45) is 1.95. The lowest BCUT2D eigenvalue weighted by atomic mass is 10.1. The lowest BCUT2D eigenvalue weighted by Gasteiger charge is -2.15. The van der Waals surface area contributed by atoms with Crippen LogP contribution < -0.4 is 5.32 Å². The van der Waals surface area contributed by atoms with Crippen LogP contribution in [0.15, 0.2) is 16.3 Å². The van der Waals surface area contributed by atoms with E-state index in [1.807, 2.05) is 0 Å². The Hall–Kier alpha value is -0.470. The smallest absolute Gasteiger partial charge is 0.243 e. The van der Waals surface area contributed by atoms with Gasteiger partial charge in [0, 0.05) is 37.0 Å². The molecule has 21 heavy (non-hydrogen) atoms. The topological polar surface area (TPSA) is 58.6 Å². The summed E-state index contributed by atoms with van der Waals surface area (Å²) in [5, 5.41) is 5.05. The van der Waals surface area contributed by atoms with Crippen LogP contribution >= 0.6 is 11.3 Å². The highest BCUT2D eigenvalue weighted by Crippen LogP contribution is 2.27. The van der Waals surface area contributed by atoms with Gasteiger partial charge in [0.15, 0.2) is 0 Å². The average molecular weight is 332 g/mol. The molecule has 2 heterocycles. The first kappa shape index (κ1) is 16.9. The van der Waals surface area contributed by atoms with Gasteiger partial charge < -0.3 is 10.1 Å². The van der Waals surface area contributed by atoms with E-state index in [0.29, 0.717) is 30.5 Å². The van der Waals surface area contributed by atoms with Gasteiger partial charge in [0.1, 0.15) is 0 Å². The Morgan fingerprint density at radius 1 is 1.52 bits per heavy atom. The number of nitrogens with one attached hydrogen (secondary N) is 1. The van der Waals surface area contributed by atoms with Gasteiger partial charge in [0.25, 0.3) is 0 Å². The third kappa shape index (κ3) is 4.26. The lowest BCUT2D eigenvalue weighted by molar-refractivity contribution is 0.157. The lowest BCUT2D eigenvalue weighted by Crippen LogP contribution is -2.29. The quantitative estimate of drug-likeness (QED) is 0.739. The van der Waals surface area contributed by atoms with E-state index < -0.39 is 10.0 Å². The summed E-state index contributed by atoms with van der Waals surface area (Å²) >= 11 is 1.50. The molecule has 5 nitrogen and oxygen atoms in total. The van der Waals surface area contributed by atoms with Gasteiger partial charge in [0.05, 0.1) is 11.5 Å². The molecule has 1 aliphatic heterocycles. The summed E-state index contributed by atoms with van der Waals surface area (Å²) in [5.74, 6) is 0.314. The van der Waals surface area contributed by atoms with Gasteiger partial charge in [0.2, 0.25) is 10.0 Å². The van der Waals surface area contributed by atoms with Crippen LogP contribution in [-0.2, 0) is 21.3 Å². The minimum Gasteiger partial charge on any atom is -0.384 e. The van der Waals surface area contributed by atoms with E-state index in [1.165, 1.54) is 11.3 Å². The molecule has 1 aliphatic rings. The van der Waals surface area contributed by atoms with E-state index in [1.54, 1.807) is 22.9 Å². The molecule has 1 atom stereocenters. The molecular weight excluding hydrogens is 308 g/mol. The van der Waals surface area contributed by atoms with Crippen LogP contribution in [0, 0.1) is 5.92 Å². The monoisotopic (exact) mass is 332 g/mol. The Morgan fingerprint density at radius 3 is 3.05 bits per heavy atom. The first-order chi connectivity index (χ1) is 10.1. The molecular formula is C14H24N2O3S2. The SMILES string of the molecule is CCCNCc1cc(S(=O)(=O)N2CCC(COC)C2)cs1. The Bertz CT molecular complexity index is 542. The largest absolute Gasteiger partial charge is 0.384 e. The molecule has 0 radical (unpaired) electrons. The minimum atomic E-state index is -3.34. The maximum absolute atomic E-state index is 12.6. The fourth-order valence-electron chi connectivity index (χ4n) is 2.51. The number of hydrogen-bond donors (Lipinski definition) is 1. The van der Waals surface area contributed by atoms with Crippen LogP contribution in [0.2, 0.25) is 0 Å². The highest BCUT2D eigenvalue weighted by Gasteiger charge is 2.32. The summed E-state index contributed by atoms with van der Waals surface area (Å²) in [7, 11) is -1.68. The van der Waals surface area contributed by atoms with Crippen LogP contribution in [0.25, 0.3) is 0 Å². The Kier molecular flexibility index (Phi) is 6.19. The molecule has 0 spiro atoms. The van der Waals surface area contributed by atoms with Crippen LogP contribution in [0.4, 0.5) is 0 Å². The molecule has 1 saturated heterocycles. The van der Waals surface area contributed by atoms with Crippen molar-refractivity contribution in [3.8, 4) is 0 Å². The minimum absolute atomic E-state index is 0.314. The zero-order valence-electron chi connectivity index (χ0n) is 12.7. The molecule has 0 saturated carbocycles. The molecule has 1 N–H and O–H groups in total. The van der Waals surface area contributed by atoms with Crippen LogP contribution in [-0.4, -0.2) is 46.1 Å². The summed E-state index contributed by atoms with van der Waals surface area (Å²) in [6, 6.07) is 1.80. The van der Waals surface area contributed by atoms with E-state index >= 15 is 0 Å². The van der Waals surface area contributed by atoms with Crippen LogP contribution in [0.3, 0.4) is 0 Å². The van der Waals surface area contributed by atoms with E-state index in [2.05, 4.69) is 12.2 Å². The zero-order chi connectivity index (χ0) is 15.3. The number of rotatable bonds is 8. The van der Waals surface area contributed by atoms with Crippen molar-refractivity contribution in [3.63, 3.8) is 0 Å². The number of hydrogen-bond acceptors (Lipinski definition) is 5. The average Bonchev–Trinajstić information content (AvgIpc) is 3.09. The molecule has 120 valence electrons. The molecule has 1 aromatic heterocycles. The normalized spacial score (nSPS) is 20.2. The molecule has 1 unspecified atom stereocenters. The molecule has 1 aromatic rings. The van der Waals surface area contributed by atoms with E-state index in [0.717, 1.165) is 30.8 Å². The van der Waals surface area contributed by atoms with Crippen molar-refractivity contribution in [2.24, 2.45) is 5.92 Å². The van der Waals surface area contributed by atoms with E-state index in [4.69, 9.17) is 4.74 Å². The maximum atomic E-state index is 12.6. The first-order valence-electron chi connectivity index (χ1n) is 7.35. The second kappa shape index (κ2) is 7.69. The predicted molar refractivity (Wildman–Crippen MR) is 85.1 cm³/mol.